The Bertz CT molecular complexity index is 274. The molecule has 3 nitrogen and oxygen atoms in total. The van der Waals surface area contributed by atoms with Crippen molar-refractivity contribution in [3.05, 3.63) is 18.0 Å². The van der Waals surface area contributed by atoms with Crippen molar-refractivity contribution in [1.29, 1.82) is 0 Å². The molecule has 1 N–H and O–H groups in total. The number of nitrogens with one attached hydrogen (secondary N) is 1. The highest BCUT2D eigenvalue weighted by molar-refractivity contribution is 5.07. The van der Waals surface area contributed by atoms with E-state index in [-0.39, 0.29) is 0 Å². The maximum Gasteiger partial charge on any atom is 0.0553 e. The predicted octanol–water partition coefficient (Wildman–Crippen LogP) is 2.11. The van der Waals surface area contributed by atoms with Gasteiger partial charge in [0.2, 0.25) is 0 Å². The summed E-state index contributed by atoms with van der Waals surface area (Å²) in [6.07, 6.45) is 6.99. The first-order chi connectivity index (χ1) is 6.92. The molecule has 0 aliphatic carbocycles. The van der Waals surface area contributed by atoms with Crippen LogP contribution in [0.1, 0.15) is 44.3 Å². The molecule has 1 aliphatic rings. The van der Waals surface area contributed by atoms with Crippen molar-refractivity contribution in [2.24, 2.45) is 0 Å². The van der Waals surface area contributed by atoms with Crippen molar-refractivity contribution >= 4 is 0 Å². The first-order valence-corrected chi connectivity index (χ1v) is 5.67. The Morgan fingerprint density at radius 2 is 2.50 bits per heavy atom. The molecule has 0 spiro atoms. The molecule has 0 saturated carbocycles. The zero-order valence-corrected chi connectivity index (χ0v) is 8.87. The van der Waals surface area contributed by atoms with E-state index in [2.05, 4.69) is 28.1 Å². The van der Waals surface area contributed by atoms with Gasteiger partial charge in [-0.25, -0.2) is 0 Å². The first-order valence-electron chi connectivity index (χ1n) is 5.67. The van der Waals surface area contributed by atoms with Crippen LogP contribution in [0.15, 0.2) is 12.3 Å². The van der Waals surface area contributed by atoms with E-state index in [1.807, 2.05) is 6.20 Å². The molecule has 1 unspecified atom stereocenters. The fourth-order valence-corrected chi connectivity index (χ4v) is 2.14. The Hall–Kier alpha value is -0.830. The lowest BCUT2D eigenvalue weighted by Gasteiger charge is -2.24. The van der Waals surface area contributed by atoms with Crippen molar-refractivity contribution in [2.45, 2.75) is 45.2 Å². The number of nitrogens with zero attached hydrogens (tertiary/aromatic N) is 2. The molecule has 78 valence electrons. The summed E-state index contributed by atoms with van der Waals surface area (Å²) < 4.78 is 2.14. The molecule has 2 rings (SSSR count). The Kier molecular flexibility index (Phi) is 3.19. The lowest BCUT2D eigenvalue weighted by atomic mass is 10.0. The van der Waals surface area contributed by atoms with Crippen LogP contribution in [-0.2, 0) is 6.54 Å². The number of aryl methyl sites for hydroxylation is 1. The van der Waals surface area contributed by atoms with Gasteiger partial charge < -0.3 is 5.32 Å². The van der Waals surface area contributed by atoms with E-state index in [1.54, 1.807) is 0 Å². The number of rotatable bonds is 3. The number of hydrogen-bond donors (Lipinski definition) is 1. The van der Waals surface area contributed by atoms with Gasteiger partial charge in [-0.05, 0) is 31.9 Å². The van der Waals surface area contributed by atoms with Gasteiger partial charge >= 0.3 is 0 Å². The van der Waals surface area contributed by atoms with Crippen LogP contribution in [-0.4, -0.2) is 16.3 Å². The minimum atomic E-state index is 0.540. The second-order valence-corrected chi connectivity index (χ2v) is 3.98. The molecular weight excluding hydrogens is 174 g/mol. The van der Waals surface area contributed by atoms with Gasteiger partial charge in [0, 0.05) is 18.8 Å². The van der Waals surface area contributed by atoms with Gasteiger partial charge in [0.1, 0.15) is 0 Å². The average Bonchev–Trinajstić information content (AvgIpc) is 2.68. The Morgan fingerprint density at radius 3 is 3.21 bits per heavy atom. The summed E-state index contributed by atoms with van der Waals surface area (Å²) in [7, 11) is 0. The molecule has 14 heavy (non-hydrogen) atoms. The number of piperidine rings is 1. The van der Waals surface area contributed by atoms with Crippen molar-refractivity contribution < 1.29 is 0 Å². The third kappa shape index (κ3) is 1.98. The smallest absolute Gasteiger partial charge is 0.0553 e. The normalized spacial score (nSPS) is 22.5. The highest BCUT2D eigenvalue weighted by Gasteiger charge is 2.17. The first kappa shape index (κ1) is 9.71. The van der Waals surface area contributed by atoms with Gasteiger partial charge in [-0.1, -0.05) is 13.3 Å². The van der Waals surface area contributed by atoms with Crippen molar-refractivity contribution in [3.63, 3.8) is 0 Å². The van der Waals surface area contributed by atoms with Crippen LogP contribution in [0.25, 0.3) is 0 Å². The van der Waals surface area contributed by atoms with Crippen LogP contribution < -0.4 is 5.32 Å². The van der Waals surface area contributed by atoms with Crippen LogP contribution in [0, 0.1) is 0 Å². The van der Waals surface area contributed by atoms with E-state index in [4.69, 9.17) is 0 Å². The Labute approximate surface area is 85.5 Å². The Balaban J connectivity index is 2.09. The topological polar surface area (TPSA) is 29.9 Å². The number of hydrogen-bond acceptors (Lipinski definition) is 2. The molecule has 0 radical (unpaired) electrons. The van der Waals surface area contributed by atoms with E-state index < -0.39 is 0 Å². The zero-order chi connectivity index (χ0) is 9.80. The third-order valence-electron chi connectivity index (χ3n) is 2.85. The summed E-state index contributed by atoms with van der Waals surface area (Å²) in [5.74, 6) is 0. The van der Waals surface area contributed by atoms with Crippen LogP contribution in [0.2, 0.25) is 0 Å². The fraction of sp³-hybridized carbons (Fsp3) is 0.727. The monoisotopic (exact) mass is 193 g/mol. The maximum atomic E-state index is 4.36. The second-order valence-electron chi connectivity index (χ2n) is 3.98. The van der Waals surface area contributed by atoms with E-state index in [9.17, 15) is 0 Å². The molecule has 0 amide bonds. The van der Waals surface area contributed by atoms with E-state index >= 15 is 0 Å². The van der Waals surface area contributed by atoms with Gasteiger partial charge in [0.05, 0.1) is 5.69 Å². The summed E-state index contributed by atoms with van der Waals surface area (Å²) in [5.41, 5.74) is 1.37. The average molecular weight is 193 g/mol. The third-order valence-corrected chi connectivity index (χ3v) is 2.85. The van der Waals surface area contributed by atoms with Gasteiger partial charge in [-0.3, -0.25) is 4.68 Å². The van der Waals surface area contributed by atoms with Crippen molar-refractivity contribution in [1.82, 2.24) is 15.1 Å². The van der Waals surface area contributed by atoms with Gasteiger partial charge in [-0.2, -0.15) is 5.10 Å². The molecule has 3 heteroatoms. The molecule has 0 aromatic carbocycles. The van der Waals surface area contributed by atoms with Gasteiger partial charge in [0.15, 0.2) is 0 Å². The van der Waals surface area contributed by atoms with Crippen LogP contribution in [0.4, 0.5) is 0 Å². The Morgan fingerprint density at radius 1 is 1.57 bits per heavy atom. The maximum absolute atomic E-state index is 4.36. The molecule has 1 aromatic heterocycles. The predicted molar refractivity (Wildman–Crippen MR) is 57.1 cm³/mol. The highest BCUT2D eigenvalue weighted by Crippen LogP contribution is 2.22. The lowest BCUT2D eigenvalue weighted by molar-refractivity contribution is 0.385. The molecular formula is C11H19N3. The molecule has 1 atom stereocenters. The van der Waals surface area contributed by atoms with E-state index in [0.717, 1.165) is 19.5 Å². The van der Waals surface area contributed by atoms with E-state index in [1.165, 1.54) is 25.0 Å². The van der Waals surface area contributed by atoms with Crippen molar-refractivity contribution in [2.75, 3.05) is 6.54 Å². The lowest BCUT2D eigenvalue weighted by Crippen LogP contribution is -2.28. The summed E-state index contributed by atoms with van der Waals surface area (Å²) >= 11 is 0. The number of aromatic nitrogens is 2. The van der Waals surface area contributed by atoms with Crippen LogP contribution >= 0.6 is 0 Å². The van der Waals surface area contributed by atoms with Crippen molar-refractivity contribution in [3.8, 4) is 0 Å². The molecule has 1 aliphatic heterocycles. The highest BCUT2D eigenvalue weighted by atomic mass is 15.3. The summed E-state index contributed by atoms with van der Waals surface area (Å²) in [6.45, 7) is 4.39. The summed E-state index contributed by atoms with van der Waals surface area (Å²) in [6, 6.07) is 2.69. The second kappa shape index (κ2) is 4.60. The largest absolute Gasteiger partial charge is 0.309 e. The zero-order valence-electron chi connectivity index (χ0n) is 8.87. The molecule has 2 heterocycles. The van der Waals surface area contributed by atoms with Gasteiger partial charge in [0.25, 0.3) is 0 Å². The molecule has 0 bridgehead atoms. The van der Waals surface area contributed by atoms with Crippen LogP contribution in [0.5, 0.6) is 0 Å². The molecule has 1 fully saturated rings. The quantitative estimate of drug-likeness (QED) is 0.796. The minimum absolute atomic E-state index is 0.540. The van der Waals surface area contributed by atoms with Gasteiger partial charge in [-0.15, -0.1) is 0 Å². The standard InChI is InChI=1S/C11H19N3/c1-2-9-14-11(6-8-13-14)10-5-3-4-7-12-10/h6,8,10,12H,2-5,7,9H2,1H3. The SMILES string of the molecule is CCCn1nccc1C1CCCCN1. The molecule has 1 aromatic rings. The minimum Gasteiger partial charge on any atom is -0.309 e. The fourth-order valence-electron chi connectivity index (χ4n) is 2.14. The van der Waals surface area contributed by atoms with E-state index in [0.29, 0.717) is 6.04 Å². The summed E-state index contributed by atoms with van der Waals surface area (Å²) in [5, 5.41) is 7.92. The molecule has 1 saturated heterocycles. The summed E-state index contributed by atoms with van der Waals surface area (Å²) in [4.78, 5) is 0. The van der Waals surface area contributed by atoms with Crippen LogP contribution in [0.3, 0.4) is 0 Å².